The van der Waals surface area contributed by atoms with Gasteiger partial charge in [-0.05, 0) is 263 Å². The Morgan fingerprint density at radius 1 is 0.445 bits per heavy atom. The molecule has 0 amide bonds. The average Bonchev–Trinajstić information content (AvgIpc) is 1.56. The van der Waals surface area contributed by atoms with Crippen molar-refractivity contribution in [2.24, 2.45) is 5.73 Å². The number of rotatable bonds is 27. The number of fused-ring (bicyclic) bond motifs is 23. The maximum Gasteiger partial charge on any atom is 0.394 e. The second kappa shape index (κ2) is 49.3. The van der Waals surface area contributed by atoms with Crippen LogP contribution in [0.3, 0.4) is 0 Å². The highest BCUT2D eigenvalue weighted by Gasteiger charge is 2.32. The zero-order chi connectivity index (χ0) is 98.9. The van der Waals surface area contributed by atoms with Crippen LogP contribution in [0.2, 0.25) is 0 Å². The Bertz CT molecular complexity index is 6820. The molecule has 0 unspecified atom stereocenters. The average molecular weight is 1920 g/mol. The van der Waals surface area contributed by atoms with Crippen molar-refractivity contribution >= 4 is 183 Å². The predicted octanol–water partition coefficient (Wildman–Crippen LogP) is 23.2. The Morgan fingerprint density at radius 2 is 0.730 bits per heavy atom. The third kappa shape index (κ3) is 24.6. The number of carbonyl (C=O) groups excluding carboxylic acids is 6. The number of nitro benzene ring substituents is 1. The van der Waals surface area contributed by atoms with E-state index in [2.05, 4.69) is 213 Å². The Morgan fingerprint density at radius 3 is 1.04 bits per heavy atom. The summed E-state index contributed by atoms with van der Waals surface area (Å²) in [5.74, 6) is 1.70. The topological polar surface area (TPSA) is 303 Å². The number of nitrogens with one attached hydrogen (secondary N) is 2. The van der Waals surface area contributed by atoms with Crippen LogP contribution in [0.25, 0.3) is 109 Å². The van der Waals surface area contributed by atoms with Gasteiger partial charge < -0.3 is 49.0 Å². The van der Waals surface area contributed by atoms with Gasteiger partial charge in [-0.1, -0.05) is 126 Å². The second-order valence-corrected chi connectivity index (χ2v) is 36.2. The minimum absolute atomic E-state index is 0.0340. The molecule has 20 rings (SSSR count). The molecule has 5 heterocycles. The van der Waals surface area contributed by atoms with Crippen molar-refractivity contribution in [3.05, 3.63) is 278 Å². The SMILES string of the molecule is CCN.CCN(C)CCCn1c2ccc(C(=O)CCCl)cc2c2cc(C(=O)CCCl)ccc21.CCN(C)CCCn1c2ccc3c(c2c2c4c(ccc21)C(=O)CC4)CCC3=O.CCN(C)CCCn1c2ccccc2c2ccccc21.CCNCCCn1c2ccc3c(c2c2c4c(ccc21)C(=O)CC4)CCC3=O.O=S(=O)(O)O.O=[N+]([O-])c1ccccc1.[2H]CF.c1ccc2c(c1)[nH]c1ccccc12. The Balaban J connectivity index is 0.000000149. The van der Waals surface area contributed by atoms with Crippen molar-refractivity contribution in [2.45, 2.75) is 151 Å². The Kier molecular flexibility index (Phi) is 36.9. The summed E-state index contributed by atoms with van der Waals surface area (Å²) in [6.45, 7) is 23.5. The zero-order valence-electron chi connectivity index (χ0n) is 80.6. The largest absolute Gasteiger partial charge is 0.394 e. The lowest BCUT2D eigenvalue weighted by molar-refractivity contribution is -0.384. The normalized spacial score (nSPS) is 13.0. The van der Waals surface area contributed by atoms with Crippen LogP contribution in [-0.4, -0.2) is 194 Å². The molecule has 0 fully saturated rings. The molecular formula is C110H126Cl2FN11O12S. The van der Waals surface area contributed by atoms with Crippen LogP contribution in [0.15, 0.2) is 212 Å². The Labute approximate surface area is 811 Å². The van der Waals surface area contributed by atoms with Gasteiger partial charge in [0.25, 0.3) is 5.69 Å². The number of non-ortho nitro benzene ring substituents is 1. The molecular weight excluding hydrogens is 1790 g/mol. The number of halogens is 3. The molecule has 0 saturated heterocycles. The van der Waals surface area contributed by atoms with Gasteiger partial charge in [-0.2, -0.15) is 8.42 Å². The van der Waals surface area contributed by atoms with E-state index < -0.39 is 22.5 Å². The standard InChI is InChI=1S/C24H28Cl2N2O2.C24H26N2O2.C23H24N2O2.C18H22N2.C12H9N.C6H5NO2.C2H7N.CH3F.H2O4S/c1-3-27(2)13-4-14-28-21-7-5-17(23(29)9-11-25)15-19(21)20-16-18(6-8-22(20)28)24(30)10-12-26;1-3-25(2)13-4-14-26-19-9-5-15-17(7-11-21(15)27)23(19)24-18-8-12-22(28)16(18)6-10-20(24)26;1-2-24-12-3-13-25-18-8-4-14-16(6-10-20(14)26)22(18)23-17-7-11-21(27)15(17)5-9-19(23)25;1-3-19(2)13-8-14-20-17-11-6-4-9-15(17)16-10-5-7-12-18(16)20;1-3-7-11-9(5-1)10-6-2-4-8-12(10)13-11;8-7(9)6-4-2-1-3-5-6;1-2-3;1-2;1-5(2,3)4/h5-8,15-16H,3-4,9-14H2,1-2H3;5-6,9-10H,3-4,7-8,11-14H2,1-2H3;4-5,8-9,24H,2-3,6-7,10-13H2,1H3;4-7,9-12H,3,8,13-14H2,1-2H3;1-8,13H;1-5H;2-3H2,1H3;1H3;(H2,1,2,3,4)/i;;;;;;;1D;. The molecule has 6 N–H and O–H groups in total. The highest BCUT2D eigenvalue weighted by atomic mass is 35.5. The van der Waals surface area contributed by atoms with Crippen molar-refractivity contribution < 1.29 is 57.0 Å². The van der Waals surface area contributed by atoms with Crippen LogP contribution in [-0.2, 0) is 62.3 Å². The van der Waals surface area contributed by atoms with Crippen molar-refractivity contribution in [3.63, 3.8) is 0 Å². The first-order chi connectivity index (χ1) is 66.7. The lowest BCUT2D eigenvalue weighted by Gasteiger charge is -2.15. The molecule has 5 aromatic heterocycles. The lowest BCUT2D eigenvalue weighted by atomic mass is 9.98. The van der Waals surface area contributed by atoms with E-state index in [1.807, 2.05) is 67.6 Å². The highest BCUT2D eigenvalue weighted by molar-refractivity contribution is 7.79. The van der Waals surface area contributed by atoms with Gasteiger partial charge in [-0.3, -0.25) is 52.4 Å². The van der Waals surface area contributed by atoms with Gasteiger partial charge in [0.15, 0.2) is 34.7 Å². The van der Waals surface area contributed by atoms with Crippen LogP contribution in [0.1, 0.15) is 185 Å². The molecule has 27 heteroatoms. The lowest BCUT2D eigenvalue weighted by Crippen LogP contribution is -2.20. The minimum atomic E-state index is -4.67. The summed E-state index contributed by atoms with van der Waals surface area (Å²) < 4.78 is 56.7. The number of alkyl halides is 3. The monoisotopic (exact) mass is 1910 g/mol. The van der Waals surface area contributed by atoms with Crippen molar-refractivity contribution in [1.29, 1.82) is 0 Å². The molecule has 11 aromatic carbocycles. The molecule has 0 bridgehead atoms. The predicted molar refractivity (Wildman–Crippen MR) is 559 cm³/mol. The third-order valence-corrected chi connectivity index (χ3v) is 26.4. The van der Waals surface area contributed by atoms with E-state index in [1.165, 1.54) is 128 Å². The molecule has 0 saturated carbocycles. The summed E-state index contributed by atoms with van der Waals surface area (Å²) in [7, 11) is 0.796. The van der Waals surface area contributed by atoms with Crippen LogP contribution in [0.5, 0.6) is 0 Å². The second-order valence-electron chi connectivity index (χ2n) is 34.6. The number of aryl methyl sites for hydroxylation is 8. The molecule has 0 radical (unpaired) electrons. The number of carbonyl (C=O) groups is 6. The van der Waals surface area contributed by atoms with Gasteiger partial charge in [0, 0.05) is 231 Å². The van der Waals surface area contributed by atoms with Gasteiger partial charge in [0.05, 0.1) is 13.4 Å². The molecule has 23 nitrogen and oxygen atoms in total. The fourth-order valence-corrected chi connectivity index (χ4v) is 19.5. The molecule has 720 valence electrons. The van der Waals surface area contributed by atoms with Crippen molar-refractivity contribution in [3.8, 4) is 0 Å². The van der Waals surface area contributed by atoms with Gasteiger partial charge >= 0.3 is 10.4 Å². The summed E-state index contributed by atoms with van der Waals surface area (Å²) in [6.07, 6.45) is 10.7. The highest BCUT2D eigenvalue weighted by Crippen LogP contribution is 2.45. The van der Waals surface area contributed by atoms with E-state index in [0.717, 1.165) is 174 Å². The van der Waals surface area contributed by atoms with E-state index in [4.69, 9.17) is 47.8 Å². The number of para-hydroxylation sites is 5. The molecule has 16 aromatic rings. The summed E-state index contributed by atoms with van der Waals surface area (Å²) in [5, 5.41) is 25.6. The molecule has 4 aliphatic carbocycles. The maximum absolute atomic E-state index is 12.4. The van der Waals surface area contributed by atoms with Gasteiger partial charge in [-0.25, -0.2) is 0 Å². The number of benzene rings is 11. The summed E-state index contributed by atoms with van der Waals surface area (Å²) in [6, 6.07) is 70.4. The van der Waals surface area contributed by atoms with Crippen LogP contribution >= 0.6 is 23.2 Å². The fourth-order valence-electron chi connectivity index (χ4n) is 19.1. The number of nitro groups is 1. The summed E-state index contributed by atoms with van der Waals surface area (Å²) in [4.78, 5) is 94.1. The fraction of sp³-hybridized carbons (Fsp3) is 0.345. The molecule has 0 aliphatic heterocycles. The number of aromatic amines is 1. The molecule has 0 spiro atoms. The van der Waals surface area contributed by atoms with Gasteiger partial charge in [0.2, 0.25) is 0 Å². The van der Waals surface area contributed by atoms with Crippen molar-refractivity contribution in [2.75, 3.05) is 99.0 Å². The number of nitrogens with two attached hydrogens (primary N) is 1. The number of nitrogens with zero attached hydrogens (tertiary/aromatic N) is 8. The van der Waals surface area contributed by atoms with Crippen LogP contribution in [0.4, 0.5) is 10.1 Å². The summed E-state index contributed by atoms with van der Waals surface area (Å²) >= 11 is 11.5. The number of hydrogen-bond donors (Lipinski definition) is 5. The smallest absolute Gasteiger partial charge is 0.355 e. The van der Waals surface area contributed by atoms with Gasteiger partial charge in [-0.15, -0.1) is 23.2 Å². The molecule has 0 atom stereocenters. The minimum Gasteiger partial charge on any atom is -0.355 e. The van der Waals surface area contributed by atoms with E-state index in [-0.39, 0.29) is 40.4 Å². The molecule has 137 heavy (non-hydrogen) atoms. The van der Waals surface area contributed by atoms with Crippen molar-refractivity contribution in [1.82, 2.24) is 43.3 Å². The number of ketones is 6. The van der Waals surface area contributed by atoms with E-state index in [1.54, 1.807) is 18.2 Å². The Hall–Kier alpha value is -12.0. The number of Topliss-reactive ketones (excluding diaryl/α,β-unsaturated/α-hetero) is 6. The maximum atomic E-state index is 12.4. The van der Waals surface area contributed by atoms with Crippen LogP contribution < -0.4 is 11.1 Å². The first-order valence-corrected chi connectivity index (χ1v) is 49.8. The number of hydrogen-bond acceptors (Lipinski definition) is 15. The van der Waals surface area contributed by atoms with E-state index in [9.17, 15) is 43.3 Å². The number of H-pyrrole nitrogens is 1. The van der Waals surface area contributed by atoms with Gasteiger partial charge in [0.1, 0.15) is 0 Å². The summed E-state index contributed by atoms with van der Waals surface area (Å²) in [5.41, 5.74) is 26.8. The van der Waals surface area contributed by atoms with Crippen LogP contribution in [0, 0.1) is 10.1 Å². The van der Waals surface area contributed by atoms with E-state index in [0.29, 0.717) is 61.4 Å². The van der Waals surface area contributed by atoms with E-state index >= 15 is 0 Å². The quantitative estimate of drug-likeness (QED) is 0.00798. The number of aromatic nitrogens is 5. The zero-order valence-corrected chi connectivity index (χ0v) is 81.9. The molecule has 4 aliphatic rings. The third-order valence-electron chi connectivity index (χ3n) is 26.0. The first-order valence-electron chi connectivity index (χ1n) is 48.1. The first kappa shape index (κ1) is 102.